The third-order valence-corrected chi connectivity index (χ3v) is 4.28. The Morgan fingerprint density at radius 1 is 1.38 bits per heavy atom. The van der Waals surface area contributed by atoms with Gasteiger partial charge in [0.2, 0.25) is 11.8 Å². The van der Waals surface area contributed by atoms with Crippen molar-refractivity contribution in [1.29, 1.82) is 0 Å². The van der Waals surface area contributed by atoms with E-state index in [1.165, 1.54) is 17.5 Å². The maximum Gasteiger partial charge on any atom is 0.223 e. The van der Waals surface area contributed by atoms with Crippen LogP contribution in [-0.2, 0) is 11.2 Å². The Balaban J connectivity index is 1.51. The molecule has 0 saturated carbocycles. The molecular weight excluding hydrogens is 302 g/mol. The second-order valence-corrected chi connectivity index (χ2v) is 6.26. The van der Waals surface area contributed by atoms with Gasteiger partial charge in [-0.15, -0.1) is 0 Å². The molecule has 0 radical (unpaired) electrons. The molecule has 1 amide bonds. The summed E-state index contributed by atoms with van der Waals surface area (Å²) in [6, 6.07) is 10.1. The minimum Gasteiger partial charge on any atom is -0.472 e. The molecule has 0 N–H and O–H groups in total. The van der Waals surface area contributed by atoms with Gasteiger partial charge in [-0.25, -0.2) is 9.97 Å². The average molecular weight is 325 g/mol. The van der Waals surface area contributed by atoms with Gasteiger partial charge < -0.3 is 9.64 Å². The van der Waals surface area contributed by atoms with Crippen molar-refractivity contribution in [3.63, 3.8) is 0 Å². The molecule has 5 heteroatoms. The average Bonchev–Trinajstić information content (AvgIpc) is 2.61. The van der Waals surface area contributed by atoms with Crippen molar-refractivity contribution in [1.82, 2.24) is 14.9 Å². The number of piperidine rings is 1. The first kappa shape index (κ1) is 16.4. The van der Waals surface area contributed by atoms with E-state index in [-0.39, 0.29) is 12.0 Å². The molecule has 0 aliphatic carbocycles. The summed E-state index contributed by atoms with van der Waals surface area (Å²) in [6.07, 6.45) is 6.39. The lowest BCUT2D eigenvalue weighted by Crippen LogP contribution is -2.44. The molecule has 1 atom stereocenters. The van der Waals surface area contributed by atoms with Crippen LogP contribution in [0.4, 0.5) is 0 Å². The second-order valence-electron chi connectivity index (χ2n) is 6.26. The number of nitrogens with zero attached hydrogens (tertiary/aromatic N) is 3. The van der Waals surface area contributed by atoms with Crippen LogP contribution in [0.25, 0.3) is 0 Å². The summed E-state index contributed by atoms with van der Waals surface area (Å²) in [5, 5.41) is 0. The summed E-state index contributed by atoms with van der Waals surface area (Å²) in [6.45, 7) is 3.53. The van der Waals surface area contributed by atoms with Gasteiger partial charge in [-0.1, -0.05) is 29.8 Å². The monoisotopic (exact) mass is 325 g/mol. The molecule has 24 heavy (non-hydrogen) atoms. The lowest BCUT2D eigenvalue weighted by Gasteiger charge is -2.32. The van der Waals surface area contributed by atoms with Crippen molar-refractivity contribution in [2.24, 2.45) is 0 Å². The number of hydrogen-bond donors (Lipinski definition) is 0. The van der Waals surface area contributed by atoms with Crippen LogP contribution in [0.3, 0.4) is 0 Å². The largest absolute Gasteiger partial charge is 0.472 e. The number of aromatic nitrogens is 2. The Bertz CT molecular complexity index is 675. The van der Waals surface area contributed by atoms with Crippen molar-refractivity contribution < 1.29 is 9.53 Å². The first-order valence-corrected chi connectivity index (χ1v) is 8.47. The van der Waals surface area contributed by atoms with Crippen LogP contribution >= 0.6 is 0 Å². The van der Waals surface area contributed by atoms with Crippen molar-refractivity contribution in [3.8, 4) is 5.88 Å². The summed E-state index contributed by atoms with van der Waals surface area (Å²) in [7, 11) is 0. The Labute approximate surface area is 142 Å². The summed E-state index contributed by atoms with van der Waals surface area (Å²) in [5.41, 5.74) is 2.45. The molecular formula is C19H23N3O2. The van der Waals surface area contributed by atoms with Crippen LogP contribution in [0.2, 0.25) is 0 Å². The normalized spacial score (nSPS) is 17.5. The fourth-order valence-electron chi connectivity index (χ4n) is 3.06. The van der Waals surface area contributed by atoms with Gasteiger partial charge in [0.1, 0.15) is 12.4 Å². The fraction of sp³-hybridized carbons (Fsp3) is 0.421. The smallest absolute Gasteiger partial charge is 0.223 e. The summed E-state index contributed by atoms with van der Waals surface area (Å²) in [4.78, 5) is 22.4. The number of amides is 1. The van der Waals surface area contributed by atoms with Crippen molar-refractivity contribution in [2.45, 2.75) is 38.7 Å². The van der Waals surface area contributed by atoms with E-state index in [9.17, 15) is 4.79 Å². The van der Waals surface area contributed by atoms with Crippen LogP contribution in [0.1, 0.15) is 30.4 Å². The number of aryl methyl sites for hydroxylation is 2. The summed E-state index contributed by atoms with van der Waals surface area (Å²) >= 11 is 0. The first-order chi connectivity index (χ1) is 11.7. The zero-order valence-corrected chi connectivity index (χ0v) is 14.0. The number of likely N-dealkylation sites (tertiary alicyclic amines) is 1. The molecule has 1 fully saturated rings. The van der Waals surface area contributed by atoms with Gasteiger partial charge in [0, 0.05) is 25.2 Å². The standard InChI is InChI=1S/C19H23N3O2/c1-15-4-2-5-16(12-15)7-8-19(23)22-11-3-6-17(13-22)24-18-9-10-20-14-21-18/h2,4-5,9-10,12,14,17H,3,6-8,11,13H2,1H3. The molecule has 1 aromatic heterocycles. The molecule has 0 bridgehead atoms. The number of hydrogen-bond acceptors (Lipinski definition) is 4. The second kappa shape index (κ2) is 7.90. The van der Waals surface area contributed by atoms with Gasteiger partial charge in [-0.3, -0.25) is 4.79 Å². The molecule has 1 aromatic carbocycles. The number of benzene rings is 1. The lowest BCUT2D eigenvalue weighted by atomic mass is 10.0. The summed E-state index contributed by atoms with van der Waals surface area (Å²) in [5.74, 6) is 0.775. The van der Waals surface area contributed by atoms with E-state index in [4.69, 9.17) is 4.74 Å². The van der Waals surface area contributed by atoms with Crippen molar-refractivity contribution >= 4 is 5.91 Å². The van der Waals surface area contributed by atoms with Gasteiger partial charge in [0.05, 0.1) is 6.54 Å². The van der Waals surface area contributed by atoms with Gasteiger partial charge in [0.25, 0.3) is 0 Å². The Hall–Kier alpha value is -2.43. The third-order valence-electron chi connectivity index (χ3n) is 4.28. The van der Waals surface area contributed by atoms with Crippen molar-refractivity contribution in [3.05, 3.63) is 54.0 Å². The maximum atomic E-state index is 12.5. The predicted octanol–water partition coefficient (Wildman–Crippen LogP) is 2.79. The van der Waals surface area contributed by atoms with Gasteiger partial charge in [0.15, 0.2) is 0 Å². The molecule has 2 heterocycles. The number of carbonyl (C=O) groups is 1. The highest BCUT2D eigenvalue weighted by molar-refractivity contribution is 5.76. The molecule has 1 saturated heterocycles. The third kappa shape index (κ3) is 4.54. The van der Waals surface area contributed by atoms with Crippen molar-refractivity contribution in [2.75, 3.05) is 13.1 Å². The predicted molar refractivity (Wildman–Crippen MR) is 91.8 cm³/mol. The minimum absolute atomic E-state index is 0.0107. The molecule has 5 nitrogen and oxygen atoms in total. The molecule has 3 rings (SSSR count). The fourth-order valence-corrected chi connectivity index (χ4v) is 3.06. The van der Waals surface area contributed by atoms with Crippen LogP contribution in [0.5, 0.6) is 5.88 Å². The van der Waals surface area contributed by atoms with Gasteiger partial charge in [-0.05, 0) is 31.7 Å². The zero-order valence-electron chi connectivity index (χ0n) is 14.0. The number of rotatable bonds is 5. The van der Waals surface area contributed by atoms with E-state index in [0.717, 1.165) is 25.8 Å². The van der Waals surface area contributed by atoms with E-state index in [1.54, 1.807) is 12.3 Å². The van der Waals surface area contributed by atoms with Gasteiger partial charge in [-0.2, -0.15) is 0 Å². The molecule has 2 aromatic rings. The van der Waals surface area contributed by atoms with E-state index in [1.807, 2.05) is 11.0 Å². The zero-order chi connectivity index (χ0) is 16.8. The molecule has 1 aliphatic rings. The summed E-state index contributed by atoms with van der Waals surface area (Å²) < 4.78 is 5.87. The Morgan fingerprint density at radius 3 is 3.08 bits per heavy atom. The van der Waals surface area contributed by atoms with Crippen LogP contribution < -0.4 is 4.74 Å². The van der Waals surface area contributed by atoms with E-state index < -0.39 is 0 Å². The van der Waals surface area contributed by atoms with Gasteiger partial charge >= 0.3 is 0 Å². The van der Waals surface area contributed by atoms with Crippen LogP contribution in [0.15, 0.2) is 42.9 Å². The Kier molecular flexibility index (Phi) is 5.41. The maximum absolute atomic E-state index is 12.5. The quantitative estimate of drug-likeness (QED) is 0.848. The Morgan fingerprint density at radius 2 is 2.29 bits per heavy atom. The topological polar surface area (TPSA) is 55.3 Å². The SMILES string of the molecule is Cc1cccc(CCC(=O)N2CCCC(Oc3ccncn3)C2)c1. The molecule has 0 spiro atoms. The highest BCUT2D eigenvalue weighted by Gasteiger charge is 2.24. The lowest BCUT2D eigenvalue weighted by molar-refractivity contribution is -0.133. The number of ether oxygens (including phenoxy) is 1. The van der Waals surface area contributed by atoms with E-state index >= 15 is 0 Å². The highest BCUT2D eigenvalue weighted by atomic mass is 16.5. The number of carbonyl (C=O) groups excluding carboxylic acids is 1. The first-order valence-electron chi connectivity index (χ1n) is 8.47. The minimum atomic E-state index is 0.0107. The van der Waals surface area contributed by atoms with E-state index in [2.05, 4.69) is 35.1 Å². The van der Waals surface area contributed by atoms with E-state index in [0.29, 0.717) is 18.8 Å². The van der Waals surface area contributed by atoms with Crippen LogP contribution in [-0.4, -0.2) is 40.0 Å². The molecule has 1 aliphatic heterocycles. The molecule has 1 unspecified atom stereocenters. The van der Waals surface area contributed by atoms with Crippen LogP contribution in [0, 0.1) is 6.92 Å². The highest BCUT2D eigenvalue weighted by Crippen LogP contribution is 2.17. The molecule has 126 valence electrons.